The first-order chi connectivity index (χ1) is 8.26. The van der Waals surface area contributed by atoms with E-state index in [0.717, 1.165) is 0 Å². The first-order valence-corrected chi connectivity index (χ1v) is 6.86. The molecule has 0 bridgehead atoms. The van der Waals surface area contributed by atoms with E-state index in [2.05, 4.69) is 5.32 Å². The van der Waals surface area contributed by atoms with Crippen LogP contribution in [-0.4, -0.2) is 46.7 Å². The van der Waals surface area contributed by atoms with Gasteiger partial charge in [-0.05, 0) is 32.1 Å². The third-order valence-electron chi connectivity index (χ3n) is 3.89. The minimum atomic E-state index is -0.291. The van der Waals surface area contributed by atoms with E-state index in [1.54, 1.807) is 0 Å². The van der Waals surface area contributed by atoms with Crippen molar-refractivity contribution in [1.29, 1.82) is 0 Å². The lowest BCUT2D eigenvalue weighted by atomic mass is 9.85. The molecule has 0 aliphatic heterocycles. The molecule has 0 aromatic heterocycles. The molecule has 0 aromatic rings. The van der Waals surface area contributed by atoms with Crippen molar-refractivity contribution in [1.82, 2.24) is 5.32 Å². The van der Waals surface area contributed by atoms with Crippen molar-refractivity contribution >= 4 is 0 Å². The Kier molecular flexibility index (Phi) is 7.04. The van der Waals surface area contributed by atoms with Crippen LogP contribution in [0.2, 0.25) is 0 Å². The molecule has 1 fully saturated rings. The van der Waals surface area contributed by atoms with E-state index in [4.69, 9.17) is 0 Å². The van der Waals surface area contributed by atoms with Gasteiger partial charge in [0.2, 0.25) is 0 Å². The summed E-state index contributed by atoms with van der Waals surface area (Å²) in [7, 11) is 0. The quantitative estimate of drug-likeness (QED) is 0.510. The van der Waals surface area contributed by atoms with Gasteiger partial charge in [-0.2, -0.15) is 0 Å². The molecule has 4 heteroatoms. The number of hydrogen-bond donors (Lipinski definition) is 4. The molecule has 1 aliphatic rings. The van der Waals surface area contributed by atoms with Crippen molar-refractivity contribution in [3.63, 3.8) is 0 Å². The molecule has 0 amide bonds. The van der Waals surface area contributed by atoms with Crippen molar-refractivity contribution in [3.05, 3.63) is 0 Å². The lowest BCUT2D eigenvalue weighted by molar-refractivity contribution is 0.114. The van der Waals surface area contributed by atoms with Crippen LogP contribution in [0.4, 0.5) is 0 Å². The van der Waals surface area contributed by atoms with E-state index in [0.29, 0.717) is 25.3 Å². The first kappa shape index (κ1) is 14.9. The summed E-state index contributed by atoms with van der Waals surface area (Å²) >= 11 is 0. The van der Waals surface area contributed by atoms with Gasteiger partial charge in [-0.25, -0.2) is 0 Å². The zero-order valence-corrected chi connectivity index (χ0v) is 10.7. The average molecular weight is 245 g/mol. The largest absolute Gasteiger partial charge is 0.396 e. The van der Waals surface area contributed by atoms with E-state index < -0.39 is 0 Å². The summed E-state index contributed by atoms with van der Waals surface area (Å²) in [6.07, 6.45) is 7.97. The van der Waals surface area contributed by atoms with Gasteiger partial charge in [0.25, 0.3) is 0 Å². The molecule has 102 valence electrons. The molecule has 1 aliphatic carbocycles. The highest BCUT2D eigenvalue weighted by atomic mass is 16.3. The van der Waals surface area contributed by atoms with E-state index >= 15 is 0 Å². The van der Waals surface area contributed by atoms with Gasteiger partial charge in [-0.15, -0.1) is 0 Å². The summed E-state index contributed by atoms with van der Waals surface area (Å²) in [6, 6.07) is 0.480. The third kappa shape index (κ3) is 4.92. The standard InChI is InChI=1S/C13H27NO3/c15-9-6-13(7-10-16,8-11-17)14-12-4-2-1-3-5-12/h12,14-17H,1-11H2. The van der Waals surface area contributed by atoms with Gasteiger partial charge in [0.05, 0.1) is 0 Å². The fourth-order valence-electron chi connectivity index (χ4n) is 2.91. The zero-order chi connectivity index (χ0) is 12.6. The van der Waals surface area contributed by atoms with Crippen LogP contribution in [0.5, 0.6) is 0 Å². The van der Waals surface area contributed by atoms with Gasteiger partial charge in [-0.1, -0.05) is 19.3 Å². The van der Waals surface area contributed by atoms with Crippen LogP contribution in [0, 0.1) is 0 Å². The molecule has 0 atom stereocenters. The summed E-state index contributed by atoms with van der Waals surface area (Å²) < 4.78 is 0. The minimum Gasteiger partial charge on any atom is -0.396 e. The van der Waals surface area contributed by atoms with Gasteiger partial charge >= 0.3 is 0 Å². The highest BCUT2D eigenvalue weighted by molar-refractivity contribution is 4.91. The van der Waals surface area contributed by atoms with E-state index in [1.807, 2.05) is 0 Å². The van der Waals surface area contributed by atoms with Gasteiger partial charge in [-0.3, -0.25) is 0 Å². The first-order valence-electron chi connectivity index (χ1n) is 6.86. The number of nitrogens with one attached hydrogen (secondary N) is 1. The molecule has 1 saturated carbocycles. The summed E-state index contributed by atoms with van der Waals surface area (Å²) in [6.45, 7) is 0.291. The van der Waals surface area contributed by atoms with Crippen molar-refractivity contribution in [2.75, 3.05) is 19.8 Å². The minimum absolute atomic E-state index is 0.0969. The van der Waals surface area contributed by atoms with Crippen LogP contribution in [0.25, 0.3) is 0 Å². The maximum atomic E-state index is 9.18. The van der Waals surface area contributed by atoms with Crippen molar-refractivity contribution in [2.45, 2.75) is 62.9 Å². The van der Waals surface area contributed by atoms with Crippen LogP contribution in [0.1, 0.15) is 51.4 Å². The molecule has 0 spiro atoms. The highest BCUT2D eigenvalue weighted by Gasteiger charge is 2.31. The van der Waals surface area contributed by atoms with Crippen LogP contribution in [0.15, 0.2) is 0 Å². The Morgan fingerprint density at radius 1 is 0.824 bits per heavy atom. The van der Waals surface area contributed by atoms with Crippen molar-refractivity contribution in [3.8, 4) is 0 Å². The molecule has 4 N–H and O–H groups in total. The summed E-state index contributed by atoms with van der Waals surface area (Å²) in [4.78, 5) is 0. The van der Waals surface area contributed by atoms with Crippen LogP contribution in [-0.2, 0) is 0 Å². The predicted molar refractivity (Wildman–Crippen MR) is 67.8 cm³/mol. The molecule has 0 aromatic carbocycles. The van der Waals surface area contributed by atoms with Crippen LogP contribution >= 0.6 is 0 Å². The SMILES string of the molecule is OCCC(CCO)(CCO)NC1CCCCC1. The average Bonchev–Trinajstić information content (AvgIpc) is 2.31. The smallest absolute Gasteiger partial charge is 0.0448 e. The second-order valence-corrected chi connectivity index (χ2v) is 5.18. The summed E-state index contributed by atoms with van der Waals surface area (Å²) in [5.41, 5.74) is -0.291. The summed E-state index contributed by atoms with van der Waals surface area (Å²) in [5.74, 6) is 0. The van der Waals surface area contributed by atoms with Gasteiger partial charge in [0.1, 0.15) is 0 Å². The normalized spacial score (nSPS) is 18.5. The second-order valence-electron chi connectivity index (χ2n) is 5.18. The number of rotatable bonds is 8. The molecule has 0 radical (unpaired) electrons. The van der Waals surface area contributed by atoms with Gasteiger partial charge in [0, 0.05) is 31.4 Å². The lowest BCUT2D eigenvalue weighted by Gasteiger charge is -2.39. The molecule has 0 unspecified atom stereocenters. The zero-order valence-electron chi connectivity index (χ0n) is 10.7. The number of aliphatic hydroxyl groups excluding tert-OH is 3. The van der Waals surface area contributed by atoms with Crippen molar-refractivity contribution < 1.29 is 15.3 Å². The molecule has 4 nitrogen and oxygen atoms in total. The predicted octanol–water partition coefficient (Wildman–Crippen LogP) is 0.795. The topological polar surface area (TPSA) is 72.7 Å². The Morgan fingerprint density at radius 3 is 1.71 bits per heavy atom. The molecule has 0 saturated heterocycles. The number of hydrogen-bond acceptors (Lipinski definition) is 4. The fraction of sp³-hybridized carbons (Fsp3) is 1.00. The Morgan fingerprint density at radius 2 is 1.29 bits per heavy atom. The van der Waals surface area contributed by atoms with Crippen molar-refractivity contribution in [2.24, 2.45) is 0 Å². The second kappa shape index (κ2) is 8.03. The third-order valence-corrected chi connectivity index (χ3v) is 3.89. The maximum Gasteiger partial charge on any atom is 0.0448 e. The Balaban J connectivity index is 2.57. The van der Waals surface area contributed by atoms with Crippen LogP contribution in [0.3, 0.4) is 0 Å². The Labute approximate surface area is 104 Å². The van der Waals surface area contributed by atoms with E-state index in [1.165, 1.54) is 32.1 Å². The van der Waals surface area contributed by atoms with E-state index in [9.17, 15) is 15.3 Å². The fourth-order valence-corrected chi connectivity index (χ4v) is 2.91. The molecule has 17 heavy (non-hydrogen) atoms. The molecule has 1 rings (SSSR count). The lowest BCUT2D eigenvalue weighted by Crippen LogP contribution is -2.52. The van der Waals surface area contributed by atoms with E-state index in [-0.39, 0.29) is 25.4 Å². The maximum absolute atomic E-state index is 9.18. The molecule has 0 heterocycles. The van der Waals surface area contributed by atoms with Crippen LogP contribution < -0.4 is 5.32 Å². The molecular weight excluding hydrogens is 218 g/mol. The Bertz CT molecular complexity index is 176. The summed E-state index contributed by atoms with van der Waals surface area (Å²) in [5, 5.41) is 31.1. The Hall–Kier alpha value is -0.160. The monoisotopic (exact) mass is 245 g/mol. The van der Waals surface area contributed by atoms with Gasteiger partial charge < -0.3 is 20.6 Å². The highest BCUT2D eigenvalue weighted by Crippen LogP contribution is 2.25. The molecular formula is C13H27NO3. The number of aliphatic hydroxyl groups is 3. The van der Waals surface area contributed by atoms with Gasteiger partial charge in [0.15, 0.2) is 0 Å².